The molecule has 0 heterocycles. The van der Waals surface area contributed by atoms with Crippen molar-refractivity contribution in [3.8, 4) is 0 Å². The topological polar surface area (TPSA) is 69.7 Å². The van der Waals surface area contributed by atoms with Gasteiger partial charge in [-0.3, -0.25) is 4.79 Å². The lowest BCUT2D eigenvalue weighted by Gasteiger charge is -2.30. The third-order valence-electron chi connectivity index (χ3n) is 4.75. The Hall–Kier alpha value is -1.87. The van der Waals surface area contributed by atoms with Gasteiger partial charge in [0.1, 0.15) is 5.60 Å². The van der Waals surface area contributed by atoms with E-state index in [0.717, 1.165) is 11.6 Å². The Morgan fingerprint density at radius 2 is 1.74 bits per heavy atom. The van der Waals surface area contributed by atoms with Crippen LogP contribution in [0.25, 0.3) is 0 Å². The first-order valence-electron chi connectivity index (χ1n) is 10.3. The van der Waals surface area contributed by atoms with Crippen LogP contribution in [-0.2, 0) is 29.4 Å². The summed E-state index contributed by atoms with van der Waals surface area (Å²) in [5.74, 6) is -2.31. The summed E-state index contributed by atoms with van der Waals surface area (Å²) in [4.78, 5) is 12.4. The molecule has 0 spiro atoms. The number of allylic oxidation sites excluding steroid dienone is 1. The first-order valence-corrected chi connectivity index (χ1v) is 11.7. The highest BCUT2D eigenvalue weighted by Gasteiger charge is 2.43. The Morgan fingerprint density at radius 1 is 1.13 bits per heavy atom. The van der Waals surface area contributed by atoms with Crippen molar-refractivity contribution in [2.75, 3.05) is 0 Å². The van der Waals surface area contributed by atoms with Gasteiger partial charge in [-0.05, 0) is 44.7 Å². The van der Waals surface area contributed by atoms with Crippen LogP contribution in [0.5, 0.6) is 0 Å². The molecule has 176 valence electrons. The van der Waals surface area contributed by atoms with E-state index in [4.69, 9.17) is 4.74 Å². The number of esters is 1. The monoisotopic (exact) mass is 464 g/mol. The number of alkyl halides is 3. The van der Waals surface area contributed by atoms with E-state index in [1.54, 1.807) is 32.9 Å². The summed E-state index contributed by atoms with van der Waals surface area (Å²) in [5, 5.41) is 0. The van der Waals surface area contributed by atoms with E-state index in [1.807, 2.05) is 26.0 Å². The minimum absolute atomic E-state index is 0.0230. The minimum Gasteiger partial charge on any atom is -0.454 e. The molecule has 1 aromatic rings. The Labute approximate surface area is 182 Å². The van der Waals surface area contributed by atoms with E-state index >= 15 is 0 Å². The molecule has 5 nitrogen and oxygen atoms in total. The lowest BCUT2D eigenvalue weighted by molar-refractivity contribution is -0.271. The highest BCUT2D eigenvalue weighted by molar-refractivity contribution is 7.90. The first kappa shape index (κ1) is 27.2. The summed E-state index contributed by atoms with van der Waals surface area (Å²) in [6.07, 6.45) is -2.55. The highest BCUT2D eigenvalue weighted by Crippen LogP contribution is 2.34. The molecule has 0 saturated heterocycles. The fourth-order valence-corrected chi connectivity index (χ4v) is 4.52. The van der Waals surface area contributed by atoms with Crippen molar-refractivity contribution >= 4 is 16.1 Å². The Bertz CT molecular complexity index is 873. The molecule has 1 atom stereocenters. The molecule has 0 aliphatic heterocycles. The molecule has 0 radical (unpaired) electrons. The van der Waals surface area contributed by atoms with E-state index < -0.39 is 38.9 Å². The summed E-state index contributed by atoms with van der Waals surface area (Å²) in [6.45, 7) is 8.72. The van der Waals surface area contributed by atoms with Crippen molar-refractivity contribution < 1.29 is 35.3 Å². The number of hydrogen-bond donors (Lipinski definition) is 0. The fourth-order valence-electron chi connectivity index (χ4n) is 3.29. The van der Waals surface area contributed by atoms with Crippen LogP contribution >= 0.6 is 0 Å². The van der Waals surface area contributed by atoms with Crippen LogP contribution in [0.2, 0.25) is 0 Å². The summed E-state index contributed by atoms with van der Waals surface area (Å²) in [5.41, 5.74) is 0.462. The van der Waals surface area contributed by atoms with Crippen molar-refractivity contribution in [1.29, 1.82) is 0 Å². The van der Waals surface area contributed by atoms with Crippen molar-refractivity contribution in [3.05, 3.63) is 46.4 Å². The van der Waals surface area contributed by atoms with E-state index in [0.29, 0.717) is 24.8 Å². The zero-order valence-electron chi connectivity index (χ0n) is 18.6. The van der Waals surface area contributed by atoms with Crippen molar-refractivity contribution in [1.82, 2.24) is 0 Å². The number of aryl methyl sites for hydroxylation is 1. The number of carbonyl (C=O) groups is 1. The average molecular weight is 465 g/mol. The number of carbonyl (C=O) groups excluding carboxylic acids is 1. The molecule has 1 rings (SSSR count). The third kappa shape index (κ3) is 8.29. The van der Waals surface area contributed by atoms with Gasteiger partial charge >= 0.3 is 22.4 Å². The van der Waals surface area contributed by atoms with E-state index in [9.17, 15) is 26.4 Å². The number of benzene rings is 1. The van der Waals surface area contributed by atoms with Gasteiger partial charge in [-0.25, -0.2) is 0 Å². The van der Waals surface area contributed by atoms with Gasteiger partial charge in [-0.15, -0.1) is 13.2 Å². The third-order valence-corrected chi connectivity index (χ3v) is 6.19. The second-order valence-electron chi connectivity index (χ2n) is 7.82. The molecule has 9 heteroatoms. The van der Waals surface area contributed by atoms with Gasteiger partial charge in [-0.2, -0.15) is 12.6 Å². The highest BCUT2D eigenvalue weighted by atomic mass is 32.2. The van der Waals surface area contributed by atoms with Crippen LogP contribution in [0.1, 0.15) is 70.9 Å². The number of halogens is 3. The summed E-state index contributed by atoms with van der Waals surface area (Å²) >= 11 is 0. The quantitative estimate of drug-likeness (QED) is 0.291. The minimum atomic E-state index is -5.40. The summed E-state index contributed by atoms with van der Waals surface area (Å²) in [6, 6.07) is 7.23. The molecule has 0 aliphatic rings. The van der Waals surface area contributed by atoms with Gasteiger partial charge in [0, 0.05) is 0 Å². The molecule has 0 aliphatic carbocycles. The van der Waals surface area contributed by atoms with Crippen LogP contribution in [0.4, 0.5) is 13.2 Å². The summed E-state index contributed by atoms with van der Waals surface area (Å²) < 4.78 is 72.2. The largest absolute Gasteiger partial charge is 0.537 e. The lowest BCUT2D eigenvalue weighted by Crippen LogP contribution is -2.34. The molecule has 31 heavy (non-hydrogen) atoms. The van der Waals surface area contributed by atoms with Crippen molar-refractivity contribution in [3.63, 3.8) is 0 Å². The fraction of sp³-hybridized carbons (Fsp3) is 0.591. The Balaban J connectivity index is 3.37. The smallest absolute Gasteiger partial charge is 0.454 e. The number of hydrogen-bond acceptors (Lipinski definition) is 5. The number of ether oxygens (including phenoxy) is 1. The number of unbranched alkanes of at least 4 members (excludes halogenated alkanes) is 2. The van der Waals surface area contributed by atoms with Gasteiger partial charge in [0.2, 0.25) is 0 Å². The van der Waals surface area contributed by atoms with Gasteiger partial charge in [0.25, 0.3) is 0 Å². The van der Waals surface area contributed by atoms with Crippen LogP contribution in [0, 0.1) is 12.8 Å². The predicted molar refractivity (Wildman–Crippen MR) is 112 cm³/mol. The average Bonchev–Trinajstić information content (AvgIpc) is 2.62. The molecule has 0 N–H and O–H groups in total. The second-order valence-corrected chi connectivity index (χ2v) is 9.37. The zero-order chi connectivity index (χ0) is 23.9. The molecule has 0 fully saturated rings. The van der Waals surface area contributed by atoms with Gasteiger partial charge < -0.3 is 4.74 Å². The molecule has 1 aromatic carbocycles. The van der Waals surface area contributed by atoms with Gasteiger partial charge in [0.05, 0.1) is 10.8 Å². The standard InChI is InChI=1S/C22H31F3O5S/c1-6-8-13-17(19(15-9-7-2)31(27,28)30-22(23,24)25)20(26)29-21(4,5)18-14-11-10-12-16(18)3/h10-12,14-15,17H,6-9,13H2,1-5H3/b19-15+/t17-/m0/s1. The van der Waals surface area contributed by atoms with E-state index in [1.165, 1.54) is 0 Å². The molecule has 0 aromatic heterocycles. The Kier molecular flexibility index (Phi) is 9.75. The van der Waals surface area contributed by atoms with Crippen LogP contribution in [0.15, 0.2) is 35.2 Å². The zero-order valence-corrected chi connectivity index (χ0v) is 19.4. The molecule has 0 bridgehead atoms. The van der Waals surface area contributed by atoms with Gasteiger partial charge in [-0.1, -0.05) is 63.5 Å². The lowest BCUT2D eigenvalue weighted by atomic mass is 9.93. The normalized spacial score (nSPS) is 14.4. The first-order chi connectivity index (χ1) is 14.2. The second kappa shape index (κ2) is 11.1. The maximum atomic E-state index is 13.1. The summed E-state index contributed by atoms with van der Waals surface area (Å²) in [7, 11) is -5.22. The Morgan fingerprint density at radius 3 is 2.26 bits per heavy atom. The molecule has 0 unspecified atom stereocenters. The van der Waals surface area contributed by atoms with Crippen LogP contribution in [0.3, 0.4) is 0 Å². The van der Waals surface area contributed by atoms with E-state index in [2.05, 4.69) is 4.18 Å². The molecular weight excluding hydrogens is 433 g/mol. The molecular formula is C22H31F3O5S. The van der Waals surface area contributed by atoms with Crippen molar-refractivity contribution in [2.45, 2.75) is 78.7 Å². The predicted octanol–water partition coefficient (Wildman–Crippen LogP) is 6.13. The van der Waals surface area contributed by atoms with E-state index in [-0.39, 0.29) is 12.8 Å². The molecule has 0 saturated carbocycles. The van der Waals surface area contributed by atoms with Gasteiger partial charge in [0.15, 0.2) is 0 Å². The van der Waals surface area contributed by atoms with Crippen LogP contribution < -0.4 is 0 Å². The van der Waals surface area contributed by atoms with Crippen molar-refractivity contribution in [2.24, 2.45) is 5.92 Å². The SMILES string of the molecule is CCC/C=C(\[C@H](CCCC)C(=O)OC(C)(C)c1ccccc1C)S(=O)(=O)OC(F)(F)F. The maximum absolute atomic E-state index is 13.1. The maximum Gasteiger partial charge on any atom is 0.537 e. The molecule has 0 amide bonds. The van der Waals surface area contributed by atoms with Crippen LogP contribution in [-0.4, -0.2) is 20.7 Å². The number of rotatable bonds is 11.